The largest absolute Gasteiger partial charge is 0.492 e. The highest BCUT2D eigenvalue weighted by Crippen LogP contribution is 2.21. The molecule has 0 aliphatic rings. The average molecular weight is 269 g/mol. The van der Waals surface area contributed by atoms with Crippen LogP contribution in [0.4, 0.5) is 0 Å². The van der Waals surface area contributed by atoms with Crippen LogP contribution in [0, 0.1) is 27.7 Å². The van der Waals surface area contributed by atoms with Crippen molar-refractivity contribution >= 4 is 0 Å². The maximum atomic E-state index is 6.26. The van der Waals surface area contributed by atoms with Gasteiger partial charge in [0.25, 0.3) is 0 Å². The van der Waals surface area contributed by atoms with Gasteiger partial charge in [0.15, 0.2) is 0 Å². The van der Waals surface area contributed by atoms with Gasteiger partial charge in [0, 0.05) is 0 Å². The summed E-state index contributed by atoms with van der Waals surface area (Å²) >= 11 is 0. The number of hydrogen-bond donors (Lipinski definition) is 1. The molecule has 0 saturated heterocycles. The van der Waals surface area contributed by atoms with Crippen molar-refractivity contribution in [3.05, 3.63) is 64.2 Å². The molecule has 0 fully saturated rings. The summed E-state index contributed by atoms with van der Waals surface area (Å²) in [6.45, 7) is 8.81. The summed E-state index contributed by atoms with van der Waals surface area (Å²) in [7, 11) is 0. The van der Waals surface area contributed by atoms with Gasteiger partial charge in [0.2, 0.25) is 0 Å². The molecule has 2 heteroatoms. The third-order valence-corrected chi connectivity index (χ3v) is 3.46. The van der Waals surface area contributed by atoms with Crippen molar-refractivity contribution in [2.45, 2.75) is 33.7 Å². The van der Waals surface area contributed by atoms with Gasteiger partial charge in [-0.05, 0) is 62.1 Å². The zero-order valence-electron chi connectivity index (χ0n) is 12.7. The lowest BCUT2D eigenvalue weighted by atomic mass is 10.00. The highest BCUT2D eigenvalue weighted by Gasteiger charge is 2.10. The Kier molecular flexibility index (Phi) is 4.46. The fourth-order valence-corrected chi connectivity index (χ4v) is 2.45. The number of hydrogen-bond acceptors (Lipinski definition) is 2. The minimum Gasteiger partial charge on any atom is -0.492 e. The summed E-state index contributed by atoms with van der Waals surface area (Å²) in [5.74, 6) is 0.892. The number of benzene rings is 2. The lowest BCUT2D eigenvalue weighted by Gasteiger charge is -2.17. The monoisotopic (exact) mass is 269 g/mol. The lowest BCUT2D eigenvalue weighted by molar-refractivity contribution is 0.290. The molecule has 2 N–H and O–H groups in total. The maximum Gasteiger partial charge on any atom is 0.119 e. The van der Waals surface area contributed by atoms with Gasteiger partial charge in [-0.2, -0.15) is 0 Å². The second-order valence-corrected chi connectivity index (χ2v) is 5.60. The topological polar surface area (TPSA) is 35.2 Å². The van der Waals surface area contributed by atoms with Crippen LogP contribution >= 0.6 is 0 Å². The van der Waals surface area contributed by atoms with Gasteiger partial charge in [0.05, 0.1) is 6.04 Å². The molecule has 2 nitrogen and oxygen atoms in total. The molecule has 0 amide bonds. The van der Waals surface area contributed by atoms with Crippen molar-refractivity contribution < 1.29 is 4.74 Å². The Morgan fingerprint density at radius 1 is 0.900 bits per heavy atom. The first-order valence-electron chi connectivity index (χ1n) is 6.99. The first kappa shape index (κ1) is 14.6. The van der Waals surface area contributed by atoms with Crippen LogP contribution in [0.3, 0.4) is 0 Å². The fourth-order valence-electron chi connectivity index (χ4n) is 2.45. The first-order chi connectivity index (χ1) is 9.45. The van der Waals surface area contributed by atoms with Gasteiger partial charge in [-0.3, -0.25) is 0 Å². The molecule has 0 bridgehead atoms. The van der Waals surface area contributed by atoms with Crippen LogP contribution in [-0.2, 0) is 0 Å². The first-order valence-corrected chi connectivity index (χ1v) is 6.99. The zero-order valence-corrected chi connectivity index (χ0v) is 12.7. The molecule has 1 atom stereocenters. The Labute approximate surface area is 121 Å². The molecule has 0 aliphatic heterocycles. The van der Waals surface area contributed by atoms with E-state index in [1.165, 1.54) is 22.3 Å². The van der Waals surface area contributed by atoms with Gasteiger partial charge in [-0.25, -0.2) is 0 Å². The molecule has 2 aromatic carbocycles. The number of aryl methyl sites for hydroxylation is 4. The molecule has 2 aromatic rings. The second kappa shape index (κ2) is 6.10. The quantitative estimate of drug-likeness (QED) is 0.910. The van der Waals surface area contributed by atoms with E-state index in [2.05, 4.69) is 52.0 Å². The van der Waals surface area contributed by atoms with Crippen molar-refractivity contribution in [2.24, 2.45) is 5.73 Å². The highest BCUT2D eigenvalue weighted by molar-refractivity contribution is 5.35. The minimum absolute atomic E-state index is 0.101. The normalized spacial score (nSPS) is 12.2. The van der Waals surface area contributed by atoms with Crippen LogP contribution < -0.4 is 10.5 Å². The molecule has 0 aliphatic carbocycles. The Morgan fingerprint density at radius 2 is 1.55 bits per heavy atom. The van der Waals surface area contributed by atoms with Crippen LogP contribution in [0.15, 0.2) is 36.4 Å². The van der Waals surface area contributed by atoms with E-state index >= 15 is 0 Å². The number of rotatable bonds is 4. The molecule has 0 heterocycles. The Balaban J connectivity index is 2.08. The third-order valence-electron chi connectivity index (χ3n) is 3.46. The van der Waals surface area contributed by atoms with Gasteiger partial charge >= 0.3 is 0 Å². The van der Waals surface area contributed by atoms with E-state index in [1.54, 1.807) is 0 Å². The minimum atomic E-state index is -0.101. The van der Waals surface area contributed by atoms with E-state index < -0.39 is 0 Å². The molecule has 2 rings (SSSR count). The standard InChI is InChI=1S/C18H23NO/c1-12-5-6-15(4)17(10-12)18(19)11-20-16-8-13(2)7-14(3)9-16/h5-10,18H,11,19H2,1-4H3. The molecule has 20 heavy (non-hydrogen) atoms. The number of nitrogens with two attached hydrogens (primary N) is 1. The van der Waals surface area contributed by atoms with E-state index in [1.807, 2.05) is 12.1 Å². The summed E-state index contributed by atoms with van der Waals surface area (Å²) < 4.78 is 5.85. The highest BCUT2D eigenvalue weighted by atomic mass is 16.5. The second-order valence-electron chi connectivity index (χ2n) is 5.60. The molecular weight excluding hydrogens is 246 g/mol. The van der Waals surface area contributed by atoms with Crippen molar-refractivity contribution in [1.82, 2.24) is 0 Å². The third kappa shape index (κ3) is 3.61. The smallest absolute Gasteiger partial charge is 0.119 e. The summed E-state index contributed by atoms with van der Waals surface area (Å²) in [6.07, 6.45) is 0. The van der Waals surface area contributed by atoms with Gasteiger partial charge in [0.1, 0.15) is 12.4 Å². The molecule has 0 spiro atoms. The van der Waals surface area contributed by atoms with Crippen molar-refractivity contribution in [1.29, 1.82) is 0 Å². The summed E-state index contributed by atoms with van der Waals surface area (Å²) in [4.78, 5) is 0. The summed E-state index contributed by atoms with van der Waals surface area (Å²) in [6, 6.07) is 12.5. The van der Waals surface area contributed by atoms with E-state index in [4.69, 9.17) is 10.5 Å². The van der Waals surface area contributed by atoms with Crippen LogP contribution in [-0.4, -0.2) is 6.61 Å². The van der Waals surface area contributed by atoms with E-state index in [-0.39, 0.29) is 6.04 Å². The van der Waals surface area contributed by atoms with Crippen LogP contribution in [0.25, 0.3) is 0 Å². The van der Waals surface area contributed by atoms with Crippen molar-refractivity contribution in [2.75, 3.05) is 6.61 Å². The SMILES string of the molecule is Cc1cc(C)cc(OCC(N)c2cc(C)ccc2C)c1. The predicted molar refractivity (Wildman–Crippen MR) is 84.3 cm³/mol. The van der Waals surface area contributed by atoms with Gasteiger partial charge in [-0.1, -0.05) is 29.8 Å². The van der Waals surface area contributed by atoms with E-state index in [9.17, 15) is 0 Å². The Bertz CT molecular complexity index is 584. The molecule has 1 unspecified atom stereocenters. The van der Waals surface area contributed by atoms with Gasteiger partial charge in [-0.15, -0.1) is 0 Å². The predicted octanol–water partition coefficient (Wildman–Crippen LogP) is 4.00. The van der Waals surface area contributed by atoms with E-state index in [0.29, 0.717) is 6.61 Å². The summed E-state index contributed by atoms with van der Waals surface area (Å²) in [5.41, 5.74) is 12.3. The van der Waals surface area contributed by atoms with E-state index in [0.717, 1.165) is 11.3 Å². The van der Waals surface area contributed by atoms with Gasteiger partial charge < -0.3 is 10.5 Å². The molecule has 106 valence electrons. The lowest BCUT2D eigenvalue weighted by Crippen LogP contribution is -2.20. The zero-order chi connectivity index (χ0) is 14.7. The Hall–Kier alpha value is -1.80. The molecular formula is C18H23NO. The van der Waals surface area contributed by atoms with Crippen LogP contribution in [0.1, 0.15) is 33.9 Å². The average Bonchev–Trinajstić information content (AvgIpc) is 2.38. The van der Waals surface area contributed by atoms with Crippen LogP contribution in [0.5, 0.6) is 5.75 Å². The maximum absolute atomic E-state index is 6.26. The molecule has 0 radical (unpaired) electrons. The Morgan fingerprint density at radius 3 is 2.20 bits per heavy atom. The van der Waals surface area contributed by atoms with Crippen molar-refractivity contribution in [3.8, 4) is 5.75 Å². The molecule has 0 saturated carbocycles. The number of ether oxygens (including phenoxy) is 1. The fraction of sp³-hybridized carbons (Fsp3) is 0.333. The summed E-state index contributed by atoms with van der Waals surface area (Å²) in [5, 5.41) is 0. The molecule has 0 aromatic heterocycles. The van der Waals surface area contributed by atoms with Crippen LogP contribution in [0.2, 0.25) is 0 Å². The van der Waals surface area contributed by atoms with Crippen molar-refractivity contribution in [3.63, 3.8) is 0 Å².